The van der Waals surface area contributed by atoms with E-state index in [0.717, 1.165) is 25.6 Å². The van der Waals surface area contributed by atoms with Crippen molar-refractivity contribution in [1.82, 2.24) is 4.98 Å². The Labute approximate surface area is 130 Å². The van der Waals surface area contributed by atoms with E-state index in [2.05, 4.69) is 20.9 Å². The molecular formula is C15H16BrNO2S. The molecule has 0 aliphatic heterocycles. The zero-order chi connectivity index (χ0) is 14.7. The molecule has 2 rings (SSSR count). The van der Waals surface area contributed by atoms with Gasteiger partial charge in [-0.3, -0.25) is 4.79 Å². The number of nitrogens with zero attached hydrogens (tertiary/aromatic N) is 1. The molecule has 1 N–H and O–H groups in total. The van der Waals surface area contributed by atoms with Crippen molar-refractivity contribution in [1.29, 1.82) is 0 Å². The Kier molecular flexibility index (Phi) is 4.94. The average molecular weight is 354 g/mol. The molecule has 2 aromatic rings. The third-order valence-electron chi connectivity index (χ3n) is 3.27. The van der Waals surface area contributed by atoms with Gasteiger partial charge in [0, 0.05) is 15.8 Å². The van der Waals surface area contributed by atoms with Gasteiger partial charge in [0.1, 0.15) is 0 Å². The molecule has 1 aromatic carbocycles. The van der Waals surface area contributed by atoms with Crippen LogP contribution in [0.2, 0.25) is 0 Å². The van der Waals surface area contributed by atoms with Gasteiger partial charge in [0.25, 0.3) is 0 Å². The molecule has 0 spiro atoms. The topological polar surface area (TPSA) is 50.2 Å². The van der Waals surface area contributed by atoms with E-state index in [0.29, 0.717) is 12.8 Å². The van der Waals surface area contributed by atoms with E-state index in [1.165, 1.54) is 0 Å². The van der Waals surface area contributed by atoms with Crippen molar-refractivity contribution < 1.29 is 9.90 Å². The van der Waals surface area contributed by atoms with E-state index in [1.807, 2.05) is 38.1 Å². The number of benzene rings is 1. The lowest BCUT2D eigenvalue weighted by Crippen LogP contribution is -2.19. The van der Waals surface area contributed by atoms with Gasteiger partial charge in [-0.25, -0.2) is 4.98 Å². The lowest BCUT2D eigenvalue weighted by molar-refractivity contribution is -0.141. The van der Waals surface area contributed by atoms with Crippen molar-refractivity contribution in [2.75, 3.05) is 0 Å². The molecule has 20 heavy (non-hydrogen) atoms. The van der Waals surface area contributed by atoms with Crippen LogP contribution in [0.5, 0.6) is 0 Å². The zero-order valence-electron chi connectivity index (χ0n) is 11.4. The van der Waals surface area contributed by atoms with Crippen molar-refractivity contribution in [3.05, 3.63) is 49.9 Å². The first-order valence-corrected chi connectivity index (χ1v) is 7.97. The molecule has 5 heteroatoms. The van der Waals surface area contributed by atoms with Crippen LogP contribution in [0.25, 0.3) is 0 Å². The van der Waals surface area contributed by atoms with Crippen LogP contribution in [0.1, 0.15) is 21.1 Å². The molecule has 0 saturated carbocycles. The molecule has 0 bridgehead atoms. The van der Waals surface area contributed by atoms with Crippen LogP contribution in [0, 0.1) is 19.8 Å². The molecule has 0 aliphatic rings. The zero-order valence-corrected chi connectivity index (χ0v) is 13.8. The number of rotatable bonds is 5. The third-order valence-corrected chi connectivity index (χ3v) is 5.14. The smallest absolute Gasteiger partial charge is 0.307 e. The Balaban J connectivity index is 2.16. The first-order valence-electron chi connectivity index (χ1n) is 6.36. The molecule has 0 saturated heterocycles. The van der Waals surface area contributed by atoms with E-state index in [1.54, 1.807) is 11.3 Å². The van der Waals surface area contributed by atoms with Crippen LogP contribution < -0.4 is 0 Å². The van der Waals surface area contributed by atoms with Gasteiger partial charge in [-0.15, -0.1) is 11.3 Å². The van der Waals surface area contributed by atoms with Crippen LogP contribution >= 0.6 is 27.3 Å². The van der Waals surface area contributed by atoms with E-state index in [9.17, 15) is 9.90 Å². The van der Waals surface area contributed by atoms with Crippen molar-refractivity contribution in [3.63, 3.8) is 0 Å². The maximum Gasteiger partial charge on any atom is 0.307 e. The number of thiazole rings is 1. The second kappa shape index (κ2) is 6.50. The number of hydrogen-bond acceptors (Lipinski definition) is 3. The highest BCUT2D eigenvalue weighted by molar-refractivity contribution is 9.10. The predicted octanol–water partition coefficient (Wildman–Crippen LogP) is 4.01. The summed E-state index contributed by atoms with van der Waals surface area (Å²) in [6.45, 7) is 3.97. The highest BCUT2D eigenvalue weighted by Crippen LogP contribution is 2.24. The molecule has 0 fully saturated rings. The van der Waals surface area contributed by atoms with Crippen LogP contribution in [-0.4, -0.2) is 16.1 Å². The van der Waals surface area contributed by atoms with Crippen molar-refractivity contribution in [2.45, 2.75) is 26.7 Å². The Morgan fingerprint density at radius 1 is 1.35 bits per heavy atom. The Morgan fingerprint density at radius 3 is 2.60 bits per heavy atom. The number of aromatic nitrogens is 1. The summed E-state index contributed by atoms with van der Waals surface area (Å²) in [5.41, 5.74) is 2.01. The fourth-order valence-electron chi connectivity index (χ4n) is 2.01. The van der Waals surface area contributed by atoms with Gasteiger partial charge in [-0.2, -0.15) is 0 Å². The number of hydrogen-bond donors (Lipinski definition) is 1. The minimum absolute atomic E-state index is 0.446. The summed E-state index contributed by atoms with van der Waals surface area (Å²) in [6, 6.07) is 7.75. The monoisotopic (exact) mass is 353 g/mol. The summed E-state index contributed by atoms with van der Waals surface area (Å²) in [5.74, 6) is -1.22. The largest absolute Gasteiger partial charge is 0.481 e. The summed E-state index contributed by atoms with van der Waals surface area (Å²) >= 11 is 5.06. The standard InChI is InChI=1S/C15H16BrNO2S/c1-9-10(2)20-14(17-9)8-12(15(18)19)7-11-5-3-4-6-13(11)16/h3-6,12H,7-8H2,1-2H3,(H,18,19). The van der Waals surface area contributed by atoms with E-state index < -0.39 is 11.9 Å². The molecule has 0 amide bonds. The second-order valence-electron chi connectivity index (χ2n) is 4.78. The van der Waals surface area contributed by atoms with E-state index in [-0.39, 0.29) is 0 Å². The molecule has 106 valence electrons. The summed E-state index contributed by atoms with van der Waals surface area (Å²) in [5, 5.41) is 10.3. The number of carboxylic acids is 1. The van der Waals surface area contributed by atoms with E-state index in [4.69, 9.17) is 0 Å². The van der Waals surface area contributed by atoms with Gasteiger partial charge < -0.3 is 5.11 Å². The van der Waals surface area contributed by atoms with Crippen molar-refractivity contribution >= 4 is 33.2 Å². The van der Waals surface area contributed by atoms with Crippen LogP contribution in [0.4, 0.5) is 0 Å². The van der Waals surface area contributed by atoms with Crippen molar-refractivity contribution in [3.8, 4) is 0 Å². The summed E-state index contributed by atoms with van der Waals surface area (Å²) in [7, 11) is 0. The fourth-order valence-corrected chi connectivity index (χ4v) is 3.47. The first kappa shape index (κ1) is 15.2. The summed E-state index contributed by atoms with van der Waals surface area (Å²) in [4.78, 5) is 17.1. The number of halogens is 1. The van der Waals surface area contributed by atoms with Gasteiger partial charge in [-0.1, -0.05) is 34.1 Å². The Hall–Kier alpha value is -1.20. The van der Waals surface area contributed by atoms with Gasteiger partial charge >= 0.3 is 5.97 Å². The Bertz CT molecular complexity index is 605. The van der Waals surface area contributed by atoms with Crippen LogP contribution in [-0.2, 0) is 17.6 Å². The summed E-state index contributed by atoms with van der Waals surface area (Å²) < 4.78 is 0.956. The molecule has 1 aromatic heterocycles. The highest BCUT2D eigenvalue weighted by atomic mass is 79.9. The fraction of sp³-hybridized carbons (Fsp3) is 0.333. The number of aryl methyl sites for hydroxylation is 2. The molecule has 0 radical (unpaired) electrons. The SMILES string of the molecule is Cc1nc(CC(Cc2ccccc2Br)C(=O)O)sc1C. The van der Waals surface area contributed by atoms with Crippen LogP contribution in [0.3, 0.4) is 0 Å². The average Bonchev–Trinajstić information content (AvgIpc) is 2.70. The normalized spacial score (nSPS) is 12.3. The lowest BCUT2D eigenvalue weighted by atomic mass is 9.96. The summed E-state index contributed by atoms with van der Waals surface area (Å²) in [6.07, 6.45) is 0.991. The van der Waals surface area contributed by atoms with Gasteiger partial charge in [-0.05, 0) is 31.9 Å². The number of carboxylic acid groups (broad SMARTS) is 1. The molecule has 1 atom stereocenters. The van der Waals surface area contributed by atoms with Crippen molar-refractivity contribution in [2.24, 2.45) is 5.92 Å². The third kappa shape index (κ3) is 3.67. The maximum atomic E-state index is 11.5. The first-order chi connectivity index (χ1) is 9.47. The molecular weight excluding hydrogens is 338 g/mol. The quantitative estimate of drug-likeness (QED) is 0.883. The number of carbonyl (C=O) groups is 1. The highest BCUT2D eigenvalue weighted by Gasteiger charge is 2.21. The maximum absolute atomic E-state index is 11.5. The minimum atomic E-state index is -0.772. The van der Waals surface area contributed by atoms with Crippen LogP contribution in [0.15, 0.2) is 28.7 Å². The molecule has 1 heterocycles. The predicted molar refractivity (Wildman–Crippen MR) is 84.3 cm³/mol. The number of aliphatic carboxylic acids is 1. The van der Waals surface area contributed by atoms with E-state index >= 15 is 0 Å². The Morgan fingerprint density at radius 2 is 2.05 bits per heavy atom. The van der Waals surface area contributed by atoms with Gasteiger partial charge in [0.15, 0.2) is 0 Å². The molecule has 0 aliphatic carbocycles. The van der Waals surface area contributed by atoms with Gasteiger partial charge in [0.2, 0.25) is 0 Å². The second-order valence-corrected chi connectivity index (χ2v) is 6.93. The minimum Gasteiger partial charge on any atom is -0.481 e. The lowest BCUT2D eigenvalue weighted by Gasteiger charge is -2.12. The molecule has 3 nitrogen and oxygen atoms in total. The molecule has 1 unspecified atom stereocenters. The van der Waals surface area contributed by atoms with Gasteiger partial charge in [0.05, 0.1) is 16.6 Å².